The second-order valence-corrected chi connectivity index (χ2v) is 16.3. The van der Waals surface area contributed by atoms with Crippen LogP contribution < -0.4 is 0 Å². The van der Waals surface area contributed by atoms with Gasteiger partial charge in [0.25, 0.3) is 0 Å². The van der Waals surface area contributed by atoms with Crippen molar-refractivity contribution in [3.63, 3.8) is 0 Å². The minimum Gasteiger partial charge on any atom is -0.462 e. The van der Waals surface area contributed by atoms with E-state index in [0.717, 1.165) is 50.9 Å². The van der Waals surface area contributed by atoms with Crippen LogP contribution in [0.25, 0.3) is 0 Å². The monoisotopic (exact) mass is 824 g/mol. The molecule has 0 spiro atoms. The van der Waals surface area contributed by atoms with Crippen molar-refractivity contribution in [3.05, 3.63) is 48.6 Å². The fourth-order valence-corrected chi connectivity index (χ4v) is 6.05. The molecule has 2 unspecified atom stereocenters. The Balaban J connectivity index is 4.75. The number of carbonyl (C=O) groups is 2. The summed E-state index contributed by atoms with van der Waals surface area (Å²) in [6.07, 6.45) is 27.5. The highest BCUT2D eigenvalue weighted by atomic mass is 31.2. The summed E-state index contributed by atoms with van der Waals surface area (Å²) in [6, 6.07) is 0. The molecule has 55 heavy (non-hydrogen) atoms. The first-order chi connectivity index (χ1) is 26.2. The topological polar surface area (TPSA) is 216 Å². The third-order valence-corrected chi connectivity index (χ3v) is 9.79. The van der Waals surface area contributed by atoms with Crippen molar-refractivity contribution < 1.29 is 66.7 Å². The summed E-state index contributed by atoms with van der Waals surface area (Å²) in [5.41, 5.74) is 0. The van der Waals surface area contributed by atoms with Crippen molar-refractivity contribution >= 4 is 27.6 Å². The summed E-state index contributed by atoms with van der Waals surface area (Å²) in [5, 5.41) is 19.9. The molecule has 0 bridgehead atoms. The number of ether oxygens (including phenoxy) is 2. The molecule has 5 atom stereocenters. The van der Waals surface area contributed by atoms with E-state index < -0.39 is 72.3 Å². The van der Waals surface area contributed by atoms with Gasteiger partial charge in [0.2, 0.25) is 0 Å². The van der Waals surface area contributed by atoms with Crippen LogP contribution in [0.4, 0.5) is 0 Å². The highest BCUT2D eigenvalue weighted by Crippen LogP contribution is 2.43. The Hall–Kier alpha value is -1.96. The molecule has 0 heterocycles. The molecule has 0 aromatic rings. The lowest BCUT2D eigenvalue weighted by atomic mass is 10.00. The number of hydrogen-bond acceptors (Lipinski definition) is 11. The van der Waals surface area contributed by atoms with Gasteiger partial charge in [-0.05, 0) is 50.9 Å². The van der Waals surface area contributed by atoms with Gasteiger partial charge in [0.05, 0.1) is 25.9 Å². The maximum atomic E-state index is 12.6. The van der Waals surface area contributed by atoms with Crippen LogP contribution in [0.1, 0.15) is 136 Å². The molecule has 0 aromatic heterocycles. The quantitative estimate of drug-likeness (QED) is 0.0132. The standard InChI is InChI=1S/C39H70O14P2/c1-4-6-7-8-9-10-11-12-13-14-15-19-22-26-35(40)27-24-29-38(42)49-32-37(33-52-55(47,48)51-31-36(41)30-50-54(44,45)46)53-39(43)28-23-20-17-16-18-21-25-34(3)5-2/h9-10,12-13,15,19,22,26,34-37,40-41H,4-8,11,14,16-18,20-21,23-25,27-33H2,1-3H3,(H,47,48)(H2,44,45,46)/b10-9-,13-12-,19-15-,26-22+/t34?,35-,36+,37-/m1/s1. The van der Waals surface area contributed by atoms with Crippen LogP contribution in [0.3, 0.4) is 0 Å². The number of hydrogen-bond donors (Lipinski definition) is 5. The highest BCUT2D eigenvalue weighted by molar-refractivity contribution is 7.47. The van der Waals surface area contributed by atoms with E-state index in [1.165, 1.54) is 38.5 Å². The lowest BCUT2D eigenvalue weighted by Crippen LogP contribution is -2.30. The van der Waals surface area contributed by atoms with Crippen molar-refractivity contribution in [1.82, 2.24) is 0 Å². The van der Waals surface area contributed by atoms with Crippen LogP contribution in [0.5, 0.6) is 0 Å². The molecule has 320 valence electrons. The maximum Gasteiger partial charge on any atom is 0.472 e. The number of esters is 2. The zero-order valence-corrected chi connectivity index (χ0v) is 35.1. The minimum atomic E-state index is -4.88. The molecule has 0 rings (SSSR count). The van der Waals surface area contributed by atoms with Gasteiger partial charge in [-0.1, -0.05) is 127 Å². The lowest BCUT2D eigenvalue weighted by molar-refractivity contribution is -0.161. The van der Waals surface area contributed by atoms with Crippen LogP contribution in [0.15, 0.2) is 48.6 Å². The largest absolute Gasteiger partial charge is 0.472 e. The van der Waals surface area contributed by atoms with E-state index in [9.17, 15) is 33.8 Å². The van der Waals surface area contributed by atoms with Crippen LogP contribution in [-0.2, 0) is 41.8 Å². The molecule has 0 saturated heterocycles. The van der Waals surface area contributed by atoms with Gasteiger partial charge in [0, 0.05) is 12.8 Å². The number of unbranched alkanes of at least 4 members (excludes halogenated alkanes) is 8. The van der Waals surface area contributed by atoms with E-state index in [4.69, 9.17) is 23.8 Å². The second-order valence-electron chi connectivity index (χ2n) is 13.7. The number of phosphoric ester groups is 2. The molecule has 16 heteroatoms. The van der Waals surface area contributed by atoms with Gasteiger partial charge < -0.3 is 34.4 Å². The van der Waals surface area contributed by atoms with Crippen molar-refractivity contribution in [2.75, 3.05) is 26.4 Å². The van der Waals surface area contributed by atoms with Gasteiger partial charge in [-0.2, -0.15) is 0 Å². The van der Waals surface area contributed by atoms with Crippen molar-refractivity contribution in [3.8, 4) is 0 Å². The number of aliphatic hydroxyl groups excluding tert-OH is 2. The summed E-state index contributed by atoms with van der Waals surface area (Å²) in [5.74, 6) is -0.516. The Morgan fingerprint density at radius 1 is 0.655 bits per heavy atom. The predicted molar refractivity (Wildman–Crippen MR) is 213 cm³/mol. The zero-order valence-electron chi connectivity index (χ0n) is 33.3. The molecule has 0 aliphatic heterocycles. The van der Waals surface area contributed by atoms with Crippen LogP contribution >= 0.6 is 15.6 Å². The lowest BCUT2D eigenvalue weighted by Gasteiger charge is -2.20. The Morgan fingerprint density at radius 2 is 1.27 bits per heavy atom. The van der Waals surface area contributed by atoms with Gasteiger partial charge >= 0.3 is 27.6 Å². The smallest absolute Gasteiger partial charge is 0.462 e. The van der Waals surface area contributed by atoms with Gasteiger partial charge in [0.15, 0.2) is 6.10 Å². The van der Waals surface area contributed by atoms with Gasteiger partial charge in [-0.15, -0.1) is 0 Å². The molecule has 0 fully saturated rings. The van der Waals surface area contributed by atoms with E-state index in [1.807, 2.05) is 12.2 Å². The third kappa shape index (κ3) is 37.4. The number of phosphoric acid groups is 2. The van der Waals surface area contributed by atoms with E-state index >= 15 is 0 Å². The molecule has 0 aromatic carbocycles. The number of allylic oxidation sites excluding steroid dienone is 7. The summed E-state index contributed by atoms with van der Waals surface area (Å²) >= 11 is 0. The van der Waals surface area contributed by atoms with Gasteiger partial charge in [0.1, 0.15) is 12.7 Å². The normalized spacial score (nSPS) is 15.9. The molecule has 0 aliphatic rings. The van der Waals surface area contributed by atoms with Gasteiger partial charge in [-0.3, -0.25) is 23.2 Å². The Morgan fingerprint density at radius 3 is 1.96 bits per heavy atom. The van der Waals surface area contributed by atoms with Gasteiger partial charge in [-0.25, -0.2) is 9.13 Å². The maximum absolute atomic E-state index is 12.6. The predicted octanol–water partition coefficient (Wildman–Crippen LogP) is 8.33. The Bertz CT molecular complexity index is 1200. The number of rotatable bonds is 36. The molecule has 0 amide bonds. The first-order valence-electron chi connectivity index (χ1n) is 19.8. The van der Waals surface area contributed by atoms with E-state index in [2.05, 4.69) is 54.1 Å². The van der Waals surface area contributed by atoms with Crippen LogP contribution in [0, 0.1) is 5.92 Å². The molecular weight excluding hydrogens is 754 g/mol. The summed E-state index contributed by atoms with van der Waals surface area (Å²) in [6.45, 7) is 3.72. The summed E-state index contributed by atoms with van der Waals surface area (Å²) in [4.78, 5) is 52.5. The Labute approximate surface area is 329 Å². The van der Waals surface area contributed by atoms with Crippen molar-refractivity contribution in [2.24, 2.45) is 5.92 Å². The second kappa shape index (κ2) is 34.1. The average molecular weight is 825 g/mol. The third-order valence-electron chi connectivity index (χ3n) is 8.36. The van der Waals surface area contributed by atoms with E-state index in [0.29, 0.717) is 19.3 Å². The molecule has 0 aliphatic carbocycles. The molecule has 5 N–H and O–H groups in total. The fourth-order valence-electron chi connectivity index (χ4n) is 4.90. The average Bonchev–Trinajstić information content (AvgIpc) is 3.13. The molecule has 14 nitrogen and oxygen atoms in total. The fraction of sp³-hybridized carbons (Fsp3) is 0.744. The first-order valence-corrected chi connectivity index (χ1v) is 22.9. The van der Waals surface area contributed by atoms with E-state index in [1.54, 1.807) is 12.2 Å². The highest BCUT2D eigenvalue weighted by Gasteiger charge is 2.28. The zero-order chi connectivity index (χ0) is 41.2. The number of carbonyl (C=O) groups excluding carboxylic acids is 2. The summed E-state index contributed by atoms with van der Waals surface area (Å²) < 4.78 is 47.4. The van der Waals surface area contributed by atoms with E-state index in [-0.39, 0.29) is 12.8 Å². The van der Waals surface area contributed by atoms with Crippen molar-refractivity contribution in [2.45, 2.75) is 155 Å². The van der Waals surface area contributed by atoms with Crippen molar-refractivity contribution in [1.29, 1.82) is 0 Å². The van der Waals surface area contributed by atoms with Crippen LogP contribution in [-0.4, -0.2) is 81.6 Å². The van der Waals surface area contributed by atoms with Crippen LogP contribution in [0.2, 0.25) is 0 Å². The molecule has 0 saturated carbocycles. The summed E-state index contributed by atoms with van der Waals surface area (Å²) in [7, 11) is -9.72. The molecule has 0 radical (unpaired) electrons. The number of aliphatic hydroxyl groups is 2. The SMILES string of the molecule is CCCCC/C=C\C/C=C\C/C=C\C=C\[C@@H](O)CCCC(=O)OC[C@H](COP(=O)(O)OC[C@@H](O)COP(=O)(O)O)OC(=O)CCCCCCCCC(C)CC. The first kappa shape index (κ1) is 53.0. The minimum absolute atomic E-state index is 0.0341. The molecular formula is C39H70O14P2. The Kier molecular flexibility index (Phi) is 32.9.